The number of nitrogens with one attached hydrogen (secondary N) is 1. The normalized spacial score (nSPS) is 17.8. The Morgan fingerprint density at radius 3 is 2.75 bits per heavy atom. The second-order valence-corrected chi connectivity index (χ2v) is 5.43. The van der Waals surface area contributed by atoms with Gasteiger partial charge in [-0.25, -0.2) is 4.98 Å². The predicted molar refractivity (Wildman–Crippen MR) is 78.3 cm³/mol. The van der Waals surface area contributed by atoms with Crippen molar-refractivity contribution in [1.29, 1.82) is 5.41 Å². The van der Waals surface area contributed by atoms with Crippen LogP contribution >= 0.6 is 0 Å². The average Bonchev–Trinajstić information content (AvgIpc) is 2.38. The van der Waals surface area contributed by atoms with Crippen LogP contribution in [0.5, 0.6) is 0 Å². The molecule has 0 saturated carbocycles. The molecule has 0 spiro atoms. The molecule has 0 atom stereocenters. The first-order valence-electron chi connectivity index (χ1n) is 6.75. The Balaban J connectivity index is 2.21. The van der Waals surface area contributed by atoms with E-state index >= 15 is 0 Å². The molecule has 0 aliphatic carbocycles. The van der Waals surface area contributed by atoms with E-state index in [0.29, 0.717) is 44.0 Å². The minimum absolute atomic E-state index is 0.0154. The van der Waals surface area contributed by atoms with Gasteiger partial charge in [0, 0.05) is 45.3 Å². The first-order chi connectivity index (χ1) is 9.41. The third-order valence-electron chi connectivity index (χ3n) is 3.62. The van der Waals surface area contributed by atoms with Gasteiger partial charge in [0.2, 0.25) is 0 Å². The van der Waals surface area contributed by atoms with Gasteiger partial charge in [-0.1, -0.05) is 0 Å². The molecule has 1 aliphatic heterocycles. The average molecular weight is 278 g/mol. The summed E-state index contributed by atoms with van der Waals surface area (Å²) in [6, 6.07) is 3.63. The van der Waals surface area contributed by atoms with E-state index in [9.17, 15) is 5.11 Å². The van der Waals surface area contributed by atoms with Crippen LogP contribution < -0.4 is 10.6 Å². The Labute approximate surface area is 119 Å². The summed E-state index contributed by atoms with van der Waals surface area (Å²) >= 11 is 0. The molecule has 4 N–H and O–H groups in total. The van der Waals surface area contributed by atoms with Crippen LogP contribution in [0.2, 0.25) is 0 Å². The van der Waals surface area contributed by atoms with Gasteiger partial charge in [-0.2, -0.15) is 0 Å². The van der Waals surface area contributed by atoms with E-state index in [-0.39, 0.29) is 5.84 Å². The van der Waals surface area contributed by atoms with Gasteiger partial charge >= 0.3 is 0 Å². The largest absolute Gasteiger partial charge is 0.388 e. The van der Waals surface area contributed by atoms with E-state index < -0.39 is 5.60 Å². The van der Waals surface area contributed by atoms with Crippen molar-refractivity contribution in [3.8, 4) is 0 Å². The van der Waals surface area contributed by atoms with Crippen LogP contribution in [0.1, 0.15) is 24.1 Å². The number of rotatable bonds is 4. The van der Waals surface area contributed by atoms with Crippen molar-refractivity contribution in [3.05, 3.63) is 23.4 Å². The zero-order valence-corrected chi connectivity index (χ0v) is 12.0. The molecule has 110 valence electrons. The van der Waals surface area contributed by atoms with Crippen molar-refractivity contribution in [2.75, 3.05) is 31.7 Å². The molecule has 20 heavy (non-hydrogen) atoms. The number of hydrogen-bond donors (Lipinski definition) is 3. The van der Waals surface area contributed by atoms with Gasteiger partial charge in [-0.15, -0.1) is 0 Å². The maximum atomic E-state index is 10.6. The Morgan fingerprint density at radius 1 is 1.50 bits per heavy atom. The highest BCUT2D eigenvalue weighted by Gasteiger charge is 2.32. The number of hydrogen-bond acceptors (Lipinski definition) is 5. The molecule has 1 aromatic rings. The summed E-state index contributed by atoms with van der Waals surface area (Å²) in [6.07, 6.45) is 1.22. The van der Waals surface area contributed by atoms with E-state index in [2.05, 4.69) is 4.98 Å². The number of nitrogens with two attached hydrogens (primary N) is 1. The fraction of sp³-hybridized carbons (Fsp3) is 0.571. The number of ether oxygens (including phenoxy) is 1. The Bertz CT molecular complexity index is 498. The standard InChI is InChI=1S/C14H22N4O2/c1-10-3-4-11(12(15)16)13(17-10)18(2)9-14(19)5-7-20-8-6-14/h3-4,19H,5-9H2,1-2H3,(H3,15,16). The van der Waals surface area contributed by atoms with Crippen LogP contribution in [0.25, 0.3) is 0 Å². The van der Waals surface area contributed by atoms with Crippen LogP contribution in [0.15, 0.2) is 12.1 Å². The molecule has 0 aromatic carbocycles. The summed E-state index contributed by atoms with van der Waals surface area (Å²) in [5.41, 5.74) is 6.28. The Morgan fingerprint density at radius 2 is 2.15 bits per heavy atom. The van der Waals surface area contributed by atoms with Crippen molar-refractivity contribution < 1.29 is 9.84 Å². The minimum Gasteiger partial charge on any atom is -0.388 e. The van der Waals surface area contributed by atoms with Gasteiger partial charge in [0.1, 0.15) is 11.7 Å². The second kappa shape index (κ2) is 5.76. The predicted octanol–water partition coefficient (Wildman–Crippen LogP) is 0.652. The molecule has 2 rings (SSSR count). The summed E-state index contributed by atoms with van der Waals surface area (Å²) in [5, 5.41) is 18.2. The van der Waals surface area contributed by atoms with Crippen molar-refractivity contribution in [3.63, 3.8) is 0 Å². The highest BCUT2D eigenvalue weighted by Crippen LogP contribution is 2.25. The van der Waals surface area contributed by atoms with E-state index in [0.717, 1.165) is 5.69 Å². The number of aliphatic hydroxyl groups is 1. The van der Waals surface area contributed by atoms with E-state index in [1.165, 1.54) is 0 Å². The summed E-state index contributed by atoms with van der Waals surface area (Å²) in [5.74, 6) is 0.621. The Kier molecular flexibility index (Phi) is 4.25. The molecule has 1 fully saturated rings. The molecular weight excluding hydrogens is 256 g/mol. The molecule has 6 heteroatoms. The second-order valence-electron chi connectivity index (χ2n) is 5.43. The lowest BCUT2D eigenvalue weighted by Crippen LogP contribution is -2.46. The first-order valence-corrected chi connectivity index (χ1v) is 6.75. The number of nitrogen functional groups attached to an aromatic ring is 1. The van der Waals surface area contributed by atoms with E-state index in [1.54, 1.807) is 6.07 Å². The number of pyridine rings is 1. The van der Waals surface area contributed by atoms with Gasteiger partial charge in [-0.3, -0.25) is 5.41 Å². The fourth-order valence-corrected chi connectivity index (χ4v) is 2.47. The smallest absolute Gasteiger partial charge is 0.139 e. The molecule has 1 aromatic heterocycles. The van der Waals surface area contributed by atoms with Crippen molar-refractivity contribution in [2.24, 2.45) is 5.73 Å². The maximum Gasteiger partial charge on any atom is 0.139 e. The molecule has 1 saturated heterocycles. The van der Waals surface area contributed by atoms with Crippen molar-refractivity contribution in [1.82, 2.24) is 4.98 Å². The van der Waals surface area contributed by atoms with Gasteiger partial charge in [0.05, 0.1) is 11.2 Å². The lowest BCUT2D eigenvalue weighted by Gasteiger charge is -2.36. The monoisotopic (exact) mass is 278 g/mol. The van der Waals surface area contributed by atoms with Gasteiger partial charge in [0.15, 0.2) is 0 Å². The third-order valence-corrected chi connectivity index (χ3v) is 3.62. The van der Waals surface area contributed by atoms with Crippen LogP contribution in [-0.2, 0) is 4.74 Å². The number of aryl methyl sites for hydroxylation is 1. The van der Waals surface area contributed by atoms with Gasteiger partial charge in [0.25, 0.3) is 0 Å². The molecule has 6 nitrogen and oxygen atoms in total. The highest BCUT2D eigenvalue weighted by molar-refractivity contribution is 5.99. The molecule has 2 heterocycles. The zero-order valence-electron chi connectivity index (χ0n) is 12.0. The lowest BCUT2D eigenvalue weighted by molar-refractivity contribution is -0.0573. The van der Waals surface area contributed by atoms with Crippen LogP contribution in [0.3, 0.4) is 0 Å². The van der Waals surface area contributed by atoms with E-state index in [1.807, 2.05) is 24.9 Å². The number of nitrogens with zero attached hydrogens (tertiary/aromatic N) is 2. The van der Waals surface area contributed by atoms with Crippen molar-refractivity contribution in [2.45, 2.75) is 25.4 Å². The van der Waals surface area contributed by atoms with Gasteiger partial charge in [-0.05, 0) is 19.1 Å². The first kappa shape index (κ1) is 14.7. The topological polar surface area (TPSA) is 95.5 Å². The molecule has 0 bridgehead atoms. The summed E-state index contributed by atoms with van der Waals surface area (Å²) < 4.78 is 5.29. The highest BCUT2D eigenvalue weighted by atomic mass is 16.5. The van der Waals surface area contributed by atoms with E-state index in [4.69, 9.17) is 15.9 Å². The minimum atomic E-state index is -0.771. The fourth-order valence-electron chi connectivity index (χ4n) is 2.47. The van der Waals surface area contributed by atoms with Gasteiger partial charge < -0.3 is 20.5 Å². The number of likely N-dealkylation sites (N-methyl/N-ethyl adjacent to an activating group) is 1. The molecule has 0 radical (unpaired) electrons. The number of amidine groups is 1. The lowest BCUT2D eigenvalue weighted by atomic mass is 9.94. The summed E-state index contributed by atoms with van der Waals surface area (Å²) in [7, 11) is 1.86. The molecular formula is C14H22N4O2. The Hall–Kier alpha value is -1.66. The molecule has 1 aliphatic rings. The van der Waals surface area contributed by atoms with Crippen LogP contribution in [0, 0.1) is 12.3 Å². The number of anilines is 1. The quantitative estimate of drug-likeness (QED) is 0.555. The zero-order chi connectivity index (χ0) is 14.8. The third kappa shape index (κ3) is 3.26. The molecule has 0 unspecified atom stereocenters. The van der Waals surface area contributed by atoms with Crippen LogP contribution in [-0.4, -0.2) is 48.3 Å². The summed E-state index contributed by atoms with van der Waals surface area (Å²) in [4.78, 5) is 6.32. The molecule has 0 amide bonds. The summed E-state index contributed by atoms with van der Waals surface area (Å²) in [6.45, 7) is 3.49. The maximum absolute atomic E-state index is 10.6. The van der Waals surface area contributed by atoms with Crippen LogP contribution in [0.4, 0.5) is 5.82 Å². The SMILES string of the molecule is Cc1ccc(C(=N)N)c(N(C)CC2(O)CCOCC2)n1. The number of aromatic nitrogens is 1. The van der Waals surface area contributed by atoms with Crippen molar-refractivity contribution >= 4 is 11.7 Å².